The van der Waals surface area contributed by atoms with E-state index in [-0.39, 0.29) is 34.6 Å². The predicted molar refractivity (Wildman–Crippen MR) is 73.1 cm³/mol. The quantitative estimate of drug-likeness (QED) is 0.658. The van der Waals surface area contributed by atoms with Gasteiger partial charge in [0.05, 0.1) is 11.0 Å². The fourth-order valence-electron chi connectivity index (χ4n) is 1.80. The number of halogens is 1. The van der Waals surface area contributed by atoms with E-state index in [9.17, 15) is 14.9 Å². The Morgan fingerprint density at radius 1 is 1.39 bits per heavy atom. The maximum absolute atomic E-state index is 11.7. The fraction of sp³-hybridized carbons (Fsp3) is 0.364. The van der Waals surface area contributed by atoms with Gasteiger partial charge in [-0.05, 0) is 31.5 Å². The van der Waals surface area contributed by atoms with E-state index in [1.807, 2.05) is 0 Å². The molecule has 98 valence electrons. The summed E-state index contributed by atoms with van der Waals surface area (Å²) in [5.74, 6) is -0.0867. The lowest BCUT2D eigenvalue weighted by molar-refractivity contribution is -0.384. The molecular weight excluding hydrogens is 302 g/mol. The highest BCUT2D eigenvalue weighted by atomic mass is 79.9. The third-order valence-electron chi connectivity index (χ3n) is 2.72. The van der Waals surface area contributed by atoms with Crippen molar-refractivity contribution in [3.63, 3.8) is 0 Å². The van der Waals surface area contributed by atoms with E-state index in [1.54, 1.807) is 0 Å². The molecule has 1 aliphatic rings. The standard InChI is InChI=1S/C11H13N3O3.BrH/c15-11(10-2-1-7-12-10)13-8-3-5-9(6-4-8)14(16)17;/h3-6,10,12H,1-2,7H2,(H,13,15);1H. The molecule has 2 rings (SSSR count). The number of hydrogen-bond donors (Lipinski definition) is 2. The van der Waals surface area contributed by atoms with Crippen LogP contribution in [0.15, 0.2) is 24.3 Å². The topological polar surface area (TPSA) is 84.3 Å². The molecule has 7 heteroatoms. The summed E-state index contributed by atoms with van der Waals surface area (Å²) in [4.78, 5) is 21.7. The monoisotopic (exact) mass is 315 g/mol. The van der Waals surface area contributed by atoms with E-state index in [2.05, 4.69) is 10.6 Å². The second-order valence-electron chi connectivity index (χ2n) is 3.94. The number of nitro groups is 1. The number of carbonyl (C=O) groups is 1. The van der Waals surface area contributed by atoms with Crippen molar-refractivity contribution >= 4 is 34.3 Å². The van der Waals surface area contributed by atoms with E-state index < -0.39 is 4.92 Å². The first kappa shape index (κ1) is 14.6. The Morgan fingerprint density at radius 2 is 2.06 bits per heavy atom. The Labute approximate surface area is 115 Å². The summed E-state index contributed by atoms with van der Waals surface area (Å²) in [6.45, 7) is 0.859. The Kier molecular flexibility index (Phi) is 5.24. The van der Waals surface area contributed by atoms with Gasteiger partial charge in [0, 0.05) is 17.8 Å². The van der Waals surface area contributed by atoms with Gasteiger partial charge in [0.15, 0.2) is 0 Å². The average molecular weight is 316 g/mol. The Balaban J connectivity index is 0.00000162. The van der Waals surface area contributed by atoms with Crippen molar-refractivity contribution in [2.24, 2.45) is 0 Å². The van der Waals surface area contributed by atoms with E-state index in [1.165, 1.54) is 24.3 Å². The van der Waals surface area contributed by atoms with Crippen molar-refractivity contribution in [1.29, 1.82) is 0 Å². The van der Waals surface area contributed by atoms with Crippen LogP contribution in [-0.2, 0) is 4.79 Å². The van der Waals surface area contributed by atoms with Crippen LogP contribution in [0.3, 0.4) is 0 Å². The number of amides is 1. The predicted octanol–water partition coefficient (Wildman–Crippen LogP) is 1.86. The van der Waals surface area contributed by atoms with Gasteiger partial charge in [-0.3, -0.25) is 14.9 Å². The normalized spacial score (nSPS) is 17.9. The third-order valence-corrected chi connectivity index (χ3v) is 2.72. The SMILES string of the molecule is Br.O=C(Nc1ccc([N+](=O)[O-])cc1)C1CCCN1. The summed E-state index contributed by atoms with van der Waals surface area (Å²) in [6.07, 6.45) is 1.83. The molecule has 0 aromatic heterocycles. The molecule has 1 fully saturated rings. The lowest BCUT2D eigenvalue weighted by Crippen LogP contribution is -2.35. The first-order valence-electron chi connectivity index (χ1n) is 5.45. The minimum Gasteiger partial charge on any atom is -0.325 e. The smallest absolute Gasteiger partial charge is 0.269 e. The number of anilines is 1. The van der Waals surface area contributed by atoms with Crippen LogP contribution in [0.5, 0.6) is 0 Å². The number of nitro benzene ring substituents is 1. The van der Waals surface area contributed by atoms with Crippen molar-refractivity contribution in [1.82, 2.24) is 5.32 Å². The zero-order valence-electron chi connectivity index (χ0n) is 9.59. The van der Waals surface area contributed by atoms with E-state index in [4.69, 9.17) is 0 Å². The van der Waals surface area contributed by atoms with Crippen molar-refractivity contribution in [2.45, 2.75) is 18.9 Å². The lowest BCUT2D eigenvalue weighted by atomic mass is 10.2. The highest BCUT2D eigenvalue weighted by Crippen LogP contribution is 2.16. The van der Waals surface area contributed by atoms with Gasteiger partial charge in [0.25, 0.3) is 5.69 Å². The number of benzene rings is 1. The maximum atomic E-state index is 11.7. The Hall–Kier alpha value is -1.47. The fourth-order valence-corrected chi connectivity index (χ4v) is 1.80. The third kappa shape index (κ3) is 3.51. The minimum absolute atomic E-state index is 0. The number of carbonyl (C=O) groups excluding carboxylic acids is 1. The van der Waals surface area contributed by atoms with Crippen LogP contribution in [0.4, 0.5) is 11.4 Å². The molecule has 1 heterocycles. The Bertz CT molecular complexity index is 430. The van der Waals surface area contributed by atoms with Gasteiger partial charge < -0.3 is 10.6 Å². The molecule has 6 nitrogen and oxygen atoms in total. The number of non-ortho nitro benzene ring substituents is 1. The van der Waals surface area contributed by atoms with Crippen LogP contribution in [0.2, 0.25) is 0 Å². The molecule has 0 bridgehead atoms. The van der Waals surface area contributed by atoms with Gasteiger partial charge in [-0.25, -0.2) is 0 Å². The molecule has 1 unspecified atom stereocenters. The molecule has 0 spiro atoms. The largest absolute Gasteiger partial charge is 0.325 e. The van der Waals surface area contributed by atoms with E-state index >= 15 is 0 Å². The summed E-state index contributed by atoms with van der Waals surface area (Å²) in [5, 5.41) is 16.3. The molecule has 0 radical (unpaired) electrons. The van der Waals surface area contributed by atoms with Crippen molar-refractivity contribution in [3.05, 3.63) is 34.4 Å². The van der Waals surface area contributed by atoms with Crippen LogP contribution in [0, 0.1) is 10.1 Å². The van der Waals surface area contributed by atoms with Crippen LogP contribution < -0.4 is 10.6 Å². The molecule has 1 aliphatic heterocycles. The molecule has 1 amide bonds. The molecule has 1 saturated heterocycles. The highest BCUT2D eigenvalue weighted by Gasteiger charge is 2.21. The molecule has 1 aromatic rings. The molecule has 0 aliphatic carbocycles. The second-order valence-corrected chi connectivity index (χ2v) is 3.94. The van der Waals surface area contributed by atoms with Crippen LogP contribution in [0.25, 0.3) is 0 Å². The van der Waals surface area contributed by atoms with Crippen molar-refractivity contribution in [3.8, 4) is 0 Å². The van der Waals surface area contributed by atoms with Crippen LogP contribution in [0.1, 0.15) is 12.8 Å². The first-order chi connectivity index (χ1) is 8.16. The number of rotatable bonds is 3. The van der Waals surface area contributed by atoms with Crippen LogP contribution >= 0.6 is 17.0 Å². The lowest BCUT2D eigenvalue weighted by Gasteiger charge is -2.10. The summed E-state index contributed by atoms with van der Waals surface area (Å²) >= 11 is 0. The van der Waals surface area contributed by atoms with Gasteiger partial charge in [0.2, 0.25) is 5.91 Å². The van der Waals surface area contributed by atoms with Gasteiger partial charge in [0.1, 0.15) is 0 Å². The van der Waals surface area contributed by atoms with Gasteiger partial charge in [-0.2, -0.15) is 0 Å². The van der Waals surface area contributed by atoms with Gasteiger partial charge in [-0.15, -0.1) is 17.0 Å². The summed E-state index contributed by atoms with van der Waals surface area (Å²) in [6, 6.07) is 5.66. The van der Waals surface area contributed by atoms with Gasteiger partial charge in [-0.1, -0.05) is 0 Å². The average Bonchev–Trinajstić information content (AvgIpc) is 2.83. The minimum atomic E-state index is -0.468. The maximum Gasteiger partial charge on any atom is 0.269 e. The molecule has 1 aromatic carbocycles. The molecular formula is C11H14BrN3O3. The summed E-state index contributed by atoms with van der Waals surface area (Å²) in [5.41, 5.74) is 0.594. The number of nitrogens with zero attached hydrogens (tertiary/aromatic N) is 1. The zero-order valence-corrected chi connectivity index (χ0v) is 11.3. The number of hydrogen-bond acceptors (Lipinski definition) is 4. The van der Waals surface area contributed by atoms with Crippen molar-refractivity contribution < 1.29 is 9.72 Å². The van der Waals surface area contributed by atoms with E-state index in [0.29, 0.717) is 5.69 Å². The molecule has 1 atom stereocenters. The number of nitrogens with one attached hydrogen (secondary N) is 2. The summed E-state index contributed by atoms with van der Waals surface area (Å²) in [7, 11) is 0. The van der Waals surface area contributed by atoms with Gasteiger partial charge >= 0.3 is 0 Å². The Morgan fingerprint density at radius 3 is 2.56 bits per heavy atom. The molecule has 2 N–H and O–H groups in total. The van der Waals surface area contributed by atoms with Crippen molar-refractivity contribution in [2.75, 3.05) is 11.9 Å². The molecule has 18 heavy (non-hydrogen) atoms. The first-order valence-corrected chi connectivity index (χ1v) is 5.45. The zero-order chi connectivity index (χ0) is 12.3. The second kappa shape index (κ2) is 6.46. The highest BCUT2D eigenvalue weighted by molar-refractivity contribution is 8.93. The summed E-state index contributed by atoms with van der Waals surface area (Å²) < 4.78 is 0. The van der Waals surface area contributed by atoms with E-state index in [0.717, 1.165) is 19.4 Å². The van der Waals surface area contributed by atoms with Crippen LogP contribution in [-0.4, -0.2) is 23.4 Å². The molecule has 0 saturated carbocycles.